The number of hydrogen-bond donors (Lipinski definition) is 1. The number of rotatable bonds is 12. The molecule has 1 aliphatic rings. The molecule has 0 unspecified atom stereocenters. The highest BCUT2D eigenvalue weighted by Crippen LogP contribution is 2.17. The second kappa shape index (κ2) is 15.1. The SMILES string of the molecule is CC(C)=CCCC(C)=CCCC(C)=CCCC(C)=CCOC(=O)NC1CCCC1. The highest BCUT2D eigenvalue weighted by Gasteiger charge is 2.17. The van der Waals surface area contributed by atoms with Crippen LogP contribution >= 0.6 is 0 Å². The van der Waals surface area contributed by atoms with E-state index in [-0.39, 0.29) is 6.09 Å². The van der Waals surface area contributed by atoms with E-state index in [1.165, 1.54) is 41.6 Å². The van der Waals surface area contributed by atoms with E-state index in [4.69, 9.17) is 4.74 Å². The third-order valence-electron chi connectivity index (χ3n) is 5.48. The van der Waals surface area contributed by atoms with E-state index in [1.807, 2.05) is 6.08 Å². The zero-order chi connectivity index (χ0) is 21.5. The maximum absolute atomic E-state index is 11.7. The van der Waals surface area contributed by atoms with Crippen LogP contribution in [0.4, 0.5) is 4.79 Å². The van der Waals surface area contributed by atoms with Gasteiger partial charge < -0.3 is 10.1 Å². The van der Waals surface area contributed by atoms with Crippen LogP contribution < -0.4 is 5.32 Å². The summed E-state index contributed by atoms with van der Waals surface area (Å²) in [6.07, 6.45) is 20.0. The Bertz CT molecular complexity index is 600. The largest absolute Gasteiger partial charge is 0.445 e. The molecule has 164 valence electrons. The fraction of sp³-hybridized carbons (Fsp3) is 0.654. The molecule has 1 amide bonds. The van der Waals surface area contributed by atoms with Crippen molar-refractivity contribution in [3.05, 3.63) is 46.6 Å². The quantitative estimate of drug-likeness (QED) is 0.339. The molecule has 3 nitrogen and oxygen atoms in total. The number of nitrogens with one attached hydrogen (secondary N) is 1. The molecule has 3 heteroatoms. The smallest absolute Gasteiger partial charge is 0.407 e. The van der Waals surface area contributed by atoms with Gasteiger partial charge in [-0.25, -0.2) is 4.79 Å². The molecule has 1 N–H and O–H groups in total. The van der Waals surface area contributed by atoms with Crippen LogP contribution in [0.5, 0.6) is 0 Å². The van der Waals surface area contributed by atoms with Crippen molar-refractivity contribution >= 4 is 6.09 Å². The predicted octanol–water partition coefficient (Wildman–Crippen LogP) is 7.80. The molecule has 0 bridgehead atoms. The maximum atomic E-state index is 11.7. The van der Waals surface area contributed by atoms with Gasteiger partial charge in [0.05, 0.1) is 0 Å². The van der Waals surface area contributed by atoms with Gasteiger partial charge in [0.1, 0.15) is 6.61 Å². The maximum Gasteiger partial charge on any atom is 0.407 e. The van der Waals surface area contributed by atoms with E-state index >= 15 is 0 Å². The van der Waals surface area contributed by atoms with Gasteiger partial charge in [0.25, 0.3) is 0 Å². The molecule has 0 saturated heterocycles. The zero-order valence-corrected chi connectivity index (χ0v) is 19.5. The first-order valence-corrected chi connectivity index (χ1v) is 11.4. The molecule has 1 aliphatic carbocycles. The molecular formula is C26H43NO2. The van der Waals surface area contributed by atoms with Crippen molar-refractivity contribution in [2.75, 3.05) is 6.61 Å². The first-order valence-electron chi connectivity index (χ1n) is 11.4. The molecule has 29 heavy (non-hydrogen) atoms. The van der Waals surface area contributed by atoms with Crippen molar-refractivity contribution in [1.29, 1.82) is 0 Å². The lowest BCUT2D eigenvalue weighted by molar-refractivity contribution is 0.154. The number of carbonyl (C=O) groups excluding carboxylic acids is 1. The third-order valence-corrected chi connectivity index (χ3v) is 5.48. The summed E-state index contributed by atoms with van der Waals surface area (Å²) in [5, 5.41) is 2.95. The van der Waals surface area contributed by atoms with Gasteiger partial charge in [0.15, 0.2) is 0 Å². The lowest BCUT2D eigenvalue weighted by atomic mass is 10.0. The number of ether oxygens (including phenoxy) is 1. The Morgan fingerprint density at radius 1 is 0.793 bits per heavy atom. The second-order valence-electron chi connectivity index (χ2n) is 8.77. The number of amides is 1. The van der Waals surface area contributed by atoms with Crippen molar-refractivity contribution in [2.45, 2.75) is 105 Å². The van der Waals surface area contributed by atoms with E-state index in [1.54, 1.807) is 0 Å². The molecule has 1 saturated carbocycles. The van der Waals surface area contributed by atoms with Crippen molar-refractivity contribution < 1.29 is 9.53 Å². The van der Waals surface area contributed by atoms with Crippen LogP contribution in [0.15, 0.2) is 46.6 Å². The average Bonchev–Trinajstić information content (AvgIpc) is 3.14. The summed E-state index contributed by atoms with van der Waals surface area (Å²) in [4.78, 5) is 11.7. The van der Waals surface area contributed by atoms with E-state index in [0.717, 1.165) is 44.9 Å². The molecule has 0 aromatic carbocycles. The van der Waals surface area contributed by atoms with Crippen molar-refractivity contribution in [1.82, 2.24) is 5.32 Å². The minimum absolute atomic E-state index is 0.277. The average molecular weight is 402 g/mol. The second-order valence-corrected chi connectivity index (χ2v) is 8.77. The van der Waals surface area contributed by atoms with Crippen molar-refractivity contribution in [2.24, 2.45) is 0 Å². The Balaban J connectivity index is 2.16. The van der Waals surface area contributed by atoms with Crippen molar-refractivity contribution in [3.63, 3.8) is 0 Å². The molecule has 0 spiro atoms. The van der Waals surface area contributed by atoms with Crippen LogP contribution in [0.1, 0.15) is 98.8 Å². The van der Waals surface area contributed by atoms with E-state index in [0.29, 0.717) is 12.6 Å². The molecule has 1 rings (SSSR count). The van der Waals surface area contributed by atoms with Crippen LogP contribution in [0, 0.1) is 0 Å². The minimum Gasteiger partial charge on any atom is -0.445 e. The van der Waals surface area contributed by atoms with E-state index in [9.17, 15) is 4.79 Å². The number of allylic oxidation sites excluding steroid dienone is 7. The Kier molecular flexibility index (Phi) is 13.2. The van der Waals surface area contributed by atoms with Crippen molar-refractivity contribution in [3.8, 4) is 0 Å². The lowest BCUT2D eigenvalue weighted by Crippen LogP contribution is -2.33. The fourth-order valence-corrected chi connectivity index (χ4v) is 3.53. The van der Waals surface area contributed by atoms with E-state index in [2.05, 4.69) is 58.2 Å². The molecule has 0 aromatic heterocycles. The Labute approximate surface area is 179 Å². The summed E-state index contributed by atoms with van der Waals surface area (Å²) in [5.74, 6) is 0. The van der Waals surface area contributed by atoms with Crippen LogP contribution in [-0.2, 0) is 4.74 Å². The Hall–Kier alpha value is -1.77. The Morgan fingerprint density at radius 3 is 1.79 bits per heavy atom. The monoisotopic (exact) mass is 401 g/mol. The highest BCUT2D eigenvalue weighted by molar-refractivity contribution is 5.67. The Morgan fingerprint density at radius 2 is 1.28 bits per heavy atom. The van der Waals surface area contributed by atoms with Gasteiger partial charge in [-0.3, -0.25) is 0 Å². The van der Waals surface area contributed by atoms with Crippen LogP contribution in [0.3, 0.4) is 0 Å². The summed E-state index contributed by atoms with van der Waals surface area (Å²) in [5.41, 5.74) is 5.63. The third kappa shape index (κ3) is 13.9. The highest BCUT2D eigenvalue weighted by atomic mass is 16.5. The summed E-state index contributed by atoms with van der Waals surface area (Å²) in [6, 6.07) is 0.316. The first-order chi connectivity index (χ1) is 13.9. The zero-order valence-electron chi connectivity index (χ0n) is 19.5. The van der Waals surface area contributed by atoms with Gasteiger partial charge >= 0.3 is 6.09 Å². The number of alkyl carbamates (subject to hydrolysis) is 1. The van der Waals surface area contributed by atoms with Crippen LogP contribution in [0.2, 0.25) is 0 Å². The number of hydrogen-bond acceptors (Lipinski definition) is 2. The summed E-state index contributed by atoms with van der Waals surface area (Å²) in [6.45, 7) is 11.3. The standard InChI is InChI=1S/C26H43NO2/c1-21(2)11-8-12-22(3)13-9-14-23(4)15-10-16-24(5)19-20-29-26(28)27-25-17-6-7-18-25/h11,13,15,19,25H,6-10,12,14,16-18,20H2,1-5H3,(H,27,28). The molecule has 1 fully saturated rings. The molecule has 0 aromatic rings. The molecule has 0 atom stereocenters. The molecule has 0 radical (unpaired) electrons. The summed E-state index contributed by atoms with van der Waals surface area (Å²) in [7, 11) is 0. The normalized spacial score (nSPS) is 16.1. The van der Waals surface area contributed by atoms with E-state index < -0.39 is 0 Å². The van der Waals surface area contributed by atoms with Gasteiger partial charge in [-0.2, -0.15) is 0 Å². The van der Waals surface area contributed by atoms with Crippen LogP contribution in [-0.4, -0.2) is 18.7 Å². The minimum atomic E-state index is -0.277. The van der Waals surface area contributed by atoms with Gasteiger partial charge in [0, 0.05) is 6.04 Å². The van der Waals surface area contributed by atoms with Gasteiger partial charge in [-0.05, 0) is 92.1 Å². The van der Waals surface area contributed by atoms with Gasteiger partial charge in [-0.15, -0.1) is 0 Å². The summed E-state index contributed by atoms with van der Waals surface area (Å²) >= 11 is 0. The van der Waals surface area contributed by atoms with Crippen LogP contribution in [0.25, 0.3) is 0 Å². The summed E-state index contributed by atoms with van der Waals surface area (Å²) < 4.78 is 5.27. The molecule has 0 heterocycles. The molecular weight excluding hydrogens is 358 g/mol. The lowest BCUT2D eigenvalue weighted by Gasteiger charge is -2.11. The van der Waals surface area contributed by atoms with Gasteiger partial charge in [-0.1, -0.05) is 53.4 Å². The fourth-order valence-electron chi connectivity index (χ4n) is 3.53. The first kappa shape index (κ1) is 25.3. The van der Waals surface area contributed by atoms with Gasteiger partial charge in [0.2, 0.25) is 0 Å². The topological polar surface area (TPSA) is 38.3 Å². The molecule has 0 aliphatic heterocycles. The number of carbonyl (C=O) groups is 1. The predicted molar refractivity (Wildman–Crippen MR) is 125 cm³/mol.